The van der Waals surface area contributed by atoms with Gasteiger partial charge in [-0.2, -0.15) is 0 Å². The molecular formula is C42H30N4Si. The van der Waals surface area contributed by atoms with Crippen molar-refractivity contribution in [3.8, 4) is 34.2 Å². The largest absolute Gasteiger partial charge is 0.309 e. The Labute approximate surface area is 273 Å². The summed E-state index contributed by atoms with van der Waals surface area (Å²) in [5.74, 6) is 0.710. The van der Waals surface area contributed by atoms with E-state index < -0.39 is 8.07 Å². The van der Waals surface area contributed by atoms with Gasteiger partial charge in [0.15, 0.2) is 0 Å². The topological polar surface area (TPSA) is 35.6 Å². The summed E-state index contributed by atoms with van der Waals surface area (Å²) in [6.45, 7) is 4.90. The standard InChI is InChI=1S/C42H30N4Si/c1-47(2)38-23-13-9-19-33(38)40-41(47)39(43-42(44-40)46-35-21-11-7-16-29(35)30-17-8-12-22-36(30)46)27-24-25-32-31-18-6-10-20-34(31)45(37(32)26-27)28-14-4-3-5-15-28/h3-26H,1-2H3. The highest BCUT2D eigenvalue weighted by Crippen LogP contribution is 2.38. The van der Waals surface area contributed by atoms with Crippen molar-refractivity contribution in [2.75, 3.05) is 0 Å². The smallest absolute Gasteiger partial charge is 0.235 e. The van der Waals surface area contributed by atoms with Crippen LogP contribution >= 0.6 is 0 Å². The van der Waals surface area contributed by atoms with E-state index in [1.807, 2.05) is 0 Å². The van der Waals surface area contributed by atoms with Crippen LogP contribution in [0.15, 0.2) is 146 Å². The fourth-order valence-electron chi connectivity index (χ4n) is 8.03. The number of nitrogens with zero attached hydrogens (tertiary/aromatic N) is 4. The van der Waals surface area contributed by atoms with Crippen LogP contribution in [0.25, 0.3) is 77.8 Å². The summed E-state index contributed by atoms with van der Waals surface area (Å²) >= 11 is 0. The fourth-order valence-corrected chi connectivity index (χ4v) is 11.3. The molecular weight excluding hydrogens is 589 g/mol. The lowest BCUT2D eigenvalue weighted by molar-refractivity contribution is 1.00. The lowest BCUT2D eigenvalue weighted by Crippen LogP contribution is -2.50. The van der Waals surface area contributed by atoms with Crippen LogP contribution in [0, 0.1) is 0 Å². The van der Waals surface area contributed by atoms with Crippen LogP contribution in [0.2, 0.25) is 13.1 Å². The zero-order chi connectivity index (χ0) is 31.3. The molecule has 0 unspecified atom stereocenters. The van der Waals surface area contributed by atoms with Crippen molar-refractivity contribution < 1.29 is 0 Å². The number of rotatable bonds is 3. The third kappa shape index (κ3) is 3.63. The second-order valence-corrected chi connectivity index (χ2v) is 17.3. The second kappa shape index (κ2) is 9.61. The first kappa shape index (κ1) is 26.4. The van der Waals surface area contributed by atoms with Crippen LogP contribution in [0.4, 0.5) is 0 Å². The van der Waals surface area contributed by atoms with Crippen LogP contribution in [0.5, 0.6) is 0 Å². The number of aromatic nitrogens is 4. The maximum absolute atomic E-state index is 5.58. The van der Waals surface area contributed by atoms with Crippen molar-refractivity contribution in [3.05, 3.63) is 146 Å². The third-order valence-electron chi connectivity index (χ3n) is 10.1. The Balaban J connectivity index is 1.32. The fraction of sp³-hybridized carbons (Fsp3) is 0.0476. The maximum atomic E-state index is 5.58. The Morgan fingerprint density at radius 1 is 0.468 bits per heavy atom. The highest BCUT2D eigenvalue weighted by atomic mass is 28.3. The van der Waals surface area contributed by atoms with Crippen LogP contribution in [-0.4, -0.2) is 27.2 Å². The van der Waals surface area contributed by atoms with Gasteiger partial charge in [0, 0.05) is 32.8 Å². The molecule has 0 aliphatic carbocycles. The van der Waals surface area contributed by atoms with Crippen LogP contribution in [0.3, 0.4) is 0 Å². The molecule has 0 atom stereocenters. The van der Waals surface area contributed by atoms with Crippen molar-refractivity contribution in [1.29, 1.82) is 0 Å². The van der Waals surface area contributed by atoms with Gasteiger partial charge in [0.25, 0.3) is 0 Å². The molecule has 1 aliphatic rings. The SMILES string of the molecule is C[Si]1(C)c2ccccc2-c2nc(-n3c4ccccc4c4ccccc43)nc(-c3ccc4c5ccccc5n(-c5ccccc5)c4c3)c21. The minimum Gasteiger partial charge on any atom is -0.309 e. The van der Waals surface area contributed by atoms with Gasteiger partial charge in [0.1, 0.15) is 8.07 Å². The van der Waals surface area contributed by atoms with E-state index in [1.54, 1.807) is 0 Å². The molecule has 0 radical (unpaired) electrons. The first-order valence-electron chi connectivity index (χ1n) is 16.2. The molecule has 222 valence electrons. The number of hydrogen-bond donors (Lipinski definition) is 0. The van der Waals surface area contributed by atoms with E-state index in [9.17, 15) is 0 Å². The molecule has 0 saturated heterocycles. The molecule has 0 fully saturated rings. The summed E-state index contributed by atoms with van der Waals surface area (Å²) in [5.41, 5.74) is 10.2. The quantitative estimate of drug-likeness (QED) is 0.185. The molecule has 1 aliphatic heterocycles. The number of fused-ring (bicyclic) bond motifs is 9. The Morgan fingerprint density at radius 3 is 1.68 bits per heavy atom. The molecule has 6 aromatic carbocycles. The normalized spacial score (nSPS) is 13.5. The van der Waals surface area contributed by atoms with Crippen LogP contribution < -0.4 is 10.4 Å². The molecule has 0 bridgehead atoms. The highest BCUT2D eigenvalue weighted by molar-refractivity contribution is 7.04. The van der Waals surface area contributed by atoms with Crippen LogP contribution in [-0.2, 0) is 0 Å². The predicted molar refractivity (Wildman–Crippen MR) is 198 cm³/mol. The van der Waals surface area contributed by atoms with Crippen molar-refractivity contribution in [1.82, 2.24) is 19.1 Å². The van der Waals surface area contributed by atoms with Gasteiger partial charge in [-0.25, -0.2) is 9.97 Å². The maximum Gasteiger partial charge on any atom is 0.235 e. The van der Waals surface area contributed by atoms with Gasteiger partial charge in [0.05, 0.1) is 33.5 Å². The molecule has 0 spiro atoms. The van der Waals surface area contributed by atoms with Crippen molar-refractivity contribution in [2.45, 2.75) is 13.1 Å². The molecule has 0 saturated carbocycles. The minimum absolute atomic E-state index is 0.710. The van der Waals surface area contributed by atoms with Gasteiger partial charge in [-0.3, -0.25) is 4.57 Å². The first-order valence-corrected chi connectivity index (χ1v) is 19.2. The zero-order valence-electron chi connectivity index (χ0n) is 26.1. The molecule has 10 rings (SSSR count). The second-order valence-electron chi connectivity index (χ2n) is 13.1. The summed E-state index contributed by atoms with van der Waals surface area (Å²) in [5, 5.41) is 7.63. The molecule has 0 N–H and O–H groups in total. The molecule has 4 nitrogen and oxygen atoms in total. The Bertz CT molecular complexity index is 2660. The van der Waals surface area contributed by atoms with E-state index in [0.29, 0.717) is 5.95 Å². The Kier molecular flexibility index (Phi) is 5.41. The summed E-state index contributed by atoms with van der Waals surface area (Å²) in [7, 11) is -2.14. The molecule has 9 aromatic rings. The Hall–Kier alpha value is -5.78. The average molecular weight is 619 g/mol. The average Bonchev–Trinajstić information content (AvgIpc) is 3.71. The summed E-state index contributed by atoms with van der Waals surface area (Å²) < 4.78 is 4.64. The van der Waals surface area contributed by atoms with E-state index >= 15 is 0 Å². The van der Waals surface area contributed by atoms with Crippen molar-refractivity contribution >= 4 is 62.1 Å². The number of benzene rings is 6. The van der Waals surface area contributed by atoms with Gasteiger partial charge in [-0.1, -0.05) is 122 Å². The molecule has 3 aromatic heterocycles. The lowest BCUT2D eigenvalue weighted by Gasteiger charge is -2.22. The van der Waals surface area contributed by atoms with Gasteiger partial charge < -0.3 is 4.57 Å². The predicted octanol–water partition coefficient (Wildman–Crippen LogP) is 9.14. The Morgan fingerprint density at radius 2 is 1.00 bits per heavy atom. The first-order chi connectivity index (χ1) is 23.1. The third-order valence-corrected chi connectivity index (χ3v) is 13.6. The summed E-state index contributed by atoms with van der Waals surface area (Å²) in [6, 6.07) is 52.4. The van der Waals surface area contributed by atoms with Crippen molar-refractivity contribution in [3.63, 3.8) is 0 Å². The van der Waals surface area contributed by atoms with E-state index in [1.165, 1.54) is 48.5 Å². The van der Waals surface area contributed by atoms with E-state index in [-0.39, 0.29) is 0 Å². The van der Waals surface area contributed by atoms with Gasteiger partial charge in [0.2, 0.25) is 5.95 Å². The lowest BCUT2D eigenvalue weighted by atomic mass is 10.1. The number of para-hydroxylation sites is 4. The molecule has 0 amide bonds. The number of hydrogen-bond acceptors (Lipinski definition) is 2. The van der Waals surface area contributed by atoms with E-state index in [0.717, 1.165) is 33.7 Å². The van der Waals surface area contributed by atoms with Gasteiger partial charge in [-0.15, -0.1) is 0 Å². The highest BCUT2D eigenvalue weighted by Gasteiger charge is 2.42. The van der Waals surface area contributed by atoms with E-state index in [2.05, 4.69) is 168 Å². The van der Waals surface area contributed by atoms with Gasteiger partial charge >= 0.3 is 0 Å². The zero-order valence-corrected chi connectivity index (χ0v) is 27.1. The summed E-state index contributed by atoms with van der Waals surface area (Å²) in [4.78, 5) is 11.0. The molecule has 5 heteroatoms. The van der Waals surface area contributed by atoms with Crippen LogP contribution in [0.1, 0.15) is 0 Å². The monoisotopic (exact) mass is 618 g/mol. The molecule has 4 heterocycles. The van der Waals surface area contributed by atoms with Gasteiger partial charge in [-0.05, 0) is 52.3 Å². The van der Waals surface area contributed by atoms with E-state index in [4.69, 9.17) is 9.97 Å². The van der Waals surface area contributed by atoms with Crippen molar-refractivity contribution in [2.24, 2.45) is 0 Å². The minimum atomic E-state index is -2.14. The molecule has 47 heavy (non-hydrogen) atoms. The summed E-state index contributed by atoms with van der Waals surface area (Å²) in [6.07, 6.45) is 0.